The molecule has 9 nitrogen and oxygen atoms in total. The lowest BCUT2D eigenvalue weighted by molar-refractivity contribution is -0.116. The highest BCUT2D eigenvalue weighted by Crippen LogP contribution is 2.30. The van der Waals surface area contributed by atoms with E-state index in [9.17, 15) is 18.0 Å². The van der Waals surface area contributed by atoms with Crippen molar-refractivity contribution in [3.8, 4) is 5.75 Å². The van der Waals surface area contributed by atoms with Gasteiger partial charge in [0, 0.05) is 42.8 Å². The minimum atomic E-state index is -3.81. The second-order valence-electron chi connectivity index (χ2n) is 7.11. The number of hydrogen-bond acceptors (Lipinski definition) is 6. The van der Waals surface area contributed by atoms with Gasteiger partial charge in [-0.3, -0.25) is 9.36 Å². The van der Waals surface area contributed by atoms with Crippen molar-refractivity contribution in [2.24, 2.45) is 0 Å². The lowest BCUT2D eigenvalue weighted by atomic mass is 10.2. The van der Waals surface area contributed by atoms with Gasteiger partial charge in [0.05, 0.1) is 12.1 Å². The van der Waals surface area contributed by atoms with E-state index >= 15 is 0 Å². The van der Waals surface area contributed by atoms with E-state index in [0.29, 0.717) is 41.5 Å². The molecule has 0 atom stereocenters. The molecule has 0 fully saturated rings. The van der Waals surface area contributed by atoms with Gasteiger partial charge in [0.25, 0.3) is 0 Å². The maximum absolute atomic E-state index is 13.1. The van der Waals surface area contributed by atoms with Crippen LogP contribution in [0.2, 0.25) is 5.02 Å². The summed E-state index contributed by atoms with van der Waals surface area (Å²) in [5.74, 6) is -0.758. The number of anilines is 1. The van der Waals surface area contributed by atoms with E-state index in [4.69, 9.17) is 20.8 Å². The lowest BCUT2D eigenvalue weighted by Gasteiger charge is -2.21. The molecule has 33 heavy (non-hydrogen) atoms. The number of nitrogens with one attached hydrogen (secondary N) is 1. The Morgan fingerprint density at radius 1 is 1.15 bits per heavy atom. The van der Waals surface area contributed by atoms with Crippen molar-refractivity contribution in [3.05, 3.63) is 52.0 Å². The molecule has 0 aliphatic rings. The number of oxazole rings is 1. The molecular weight excluding hydrogens is 470 g/mol. The predicted molar refractivity (Wildman–Crippen MR) is 126 cm³/mol. The molecule has 0 spiro atoms. The number of amides is 1. The van der Waals surface area contributed by atoms with Crippen molar-refractivity contribution >= 4 is 44.3 Å². The summed E-state index contributed by atoms with van der Waals surface area (Å²) in [4.78, 5) is 24.7. The molecule has 0 unspecified atom stereocenters. The number of hydrogen-bond donors (Lipinski definition) is 1. The first-order valence-corrected chi connectivity index (χ1v) is 12.4. The van der Waals surface area contributed by atoms with Crippen LogP contribution in [0.3, 0.4) is 0 Å². The summed E-state index contributed by atoms with van der Waals surface area (Å²) in [5, 5.41) is 3.13. The Morgan fingerprint density at radius 3 is 2.55 bits per heavy atom. The number of benzene rings is 2. The average molecular weight is 496 g/mol. The topological polar surface area (TPSA) is 111 Å². The molecule has 0 saturated heterocycles. The van der Waals surface area contributed by atoms with Crippen molar-refractivity contribution < 1.29 is 22.4 Å². The fourth-order valence-corrected chi connectivity index (χ4v) is 5.23. The Kier molecular flexibility index (Phi) is 7.83. The van der Waals surface area contributed by atoms with Crippen LogP contribution in [0.1, 0.15) is 27.2 Å². The van der Waals surface area contributed by atoms with E-state index in [-0.39, 0.29) is 29.5 Å². The summed E-state index contributed by atoms with van der Waals surface area (Å²) in [6.45, 7) is 6.26. The van der Waals surface area contributed by atoms with E-state index in [2.05, 4.69) is 5.32 Å². The summed E-state index contributed by atoms with van der Waals surface area (Å²) in [6, 6.07) is 9.30. The van der Waals surface area contributed by atoms with Crippen LogP contribution in [0, 0.1) is 0 Å². The first-order valence-electron chi connectivity index (χ1n) is 10.6. The quantitative estimate of drug-likeness (QED) is 0.459. The molecule has 1 N–H and O–H groups in total. The minimum absolute atomic E-state index is 0.0141. The van der Waals surface area contributed by atoms with Gasteiger partial charge in [-0.2, -0.15) is 4.31 Å². The molecule has 178 valence electrons. The van der Waals surface area contributed by atoms with Gasteiger partial charge in [0.2, 0.25) is 15.9 Å². The number of rotatable bonds is 10. The number of carbonyl (C=O) groups excluding carboxylic acids is 1. The van der Waals surface area contributed by atoms with E-state index in [1.807, 2.05) is 0 Å². The largest absolute Gasteiger partial charge is 0.492 e. The fraction of sp³-hybridized carbons (Fsp3) is 0.364. The smallest absolute Gasteiger partial charge is 0.419 e. The number of ether oxygens (including phenoxy) is 1. The molecule has 0 saturated carbocycles. The van der Waals surface area contributed by atoms with Gasteiger partial charge in [0.1, 0.15) is 10.6 Å². The summed E-state index contributed by atoms with van der Waals surface area (Å²) >= 11 is 5.92. The van der Waals surface area contributed by atoms with Gasteiger partial charge in [-0.05, 0) is 37.3 Å². The second-order valence-corrected chi connectivity index (χ2v) is 9.46. The zero-order valence-electron chi connectivity index (χ0n) is 18.6. The van der Waals surface area contributed by atoms with Crippen LogP contribution in [0.5, 0.6) is 5.75 Å². The SMILES string of the molecule is CCOc1ccc(NC(=O)CCn2c(=O)oc3cc(Cl)ccc32)cc1S(=O)(=O)N(CC)CC. The van der Waals surface area contributed by atoms with Gasteiger partial charge in [-0.1, -0.05) is 25.4 Å². The first kappa shape index (κ1) is 24.8. The minimum Gasteiger partial charge on any atom is -0.492 e. The predicted octanol–water partition coefficient (Wildman–Crippen LogP) is 3.71. The third kappa shape index (κ3) is 5.40. The number of aryl methyl sites for hydroxylation is 1. The van der Waals surface area contributed by atoms with Gasteiger partial charge >= 0.3 is 5.76 Å². The molecule has 0 bridgehead atoms. The third-order valence-corrected chi connectivity index (χ3v) is 7.35. The molecular formula is C22H26ClN3O6S. The Labute approximate surface area is 196 Å². The maximum Gasteiger partial charge on any atom is 0.419 e. The van der Waals surface area contributed by atoms with Crippen LogP contribution < -0.4 is 15.8 Å². The van der Waals surface area contributed by atoms with E-state index in [1.165, 1.54) is 27.1 Å². The molecule has 1 heterocycles. The maximum atomic E-state index is 13.1. The molecule has 3 aromatic rings. The van der Waals surface area contributed by atoms with Crippen molar-refractivity contribution in [3.63, 3.8) is 0 Å². The number of sulfonamides is 1. The van der Waals surface area contributed by atoms with Gasteiger partial charge in [-0.25, -0.2) is 13.2 Å². The van der Waals surface area contributed by atoms with Crippen LogP contribution in [0.25, 0.3) is 11.1 Å². The molecule has 1 aromatic heterocycles. The molecule has 11 heteroatoms. The van der Waals surface area contributed by atoms with Crippen molar-refractivity contribution in [2.45, 2.75) is 38.6 Å². The second kappa shape index (κ2) is 10.4. The van der Waals surface area contributed by atoms with Gasteiger partial charge in [-0.15, -0.1) is 0 Å². The molecule has 0 aliphatic carbocycles. The van der Waals surface area contributed by atoms with E-state index in [1.54, 1.807) is 39.0 Å². The average Bonchev–Trinajstić information content (AvgIpc) is 3.08. The molecule has 0 radical (unpaired) electrons. The highest BCUT2D eigenvalue weighted by molar-refractivity contribution is 7.89. The Hall–Kier alpha value is -2.82. The lowest BCUT2D eigenvalue weighted by Crippen LogP contribution is -2.31. The zero-order chi connectivity index (χ0) is 24.2. The van der Waals surface area contributed by atoms with Crippen molar-refractivity contribution in [1.82, 2.24) is 8.87 Å². The highest BCUT2D eigenvalue weighted by atomic mass is 35.5. The zero-order valence-corrected chi connectivity index (χ0v) is 20.2. The van der Waals surface area contributed by atoms with Crippen molar-refractivity contribution in [1.29, 1.82) is 0 Å². The van der Waals surface area contributed by atoms with Gasteiger partial charge < -0.3 is 14.5 Å². The summed E-state index contributed by atoms with van der Waals surface area (Å²) in [5.41, 5.74) is 1.18. The number of nitrogens with zero attached hydrogens (tertiary/aromatic N) is 2. The standard InChI is InChI=1S/C22H26ClN3O6S/c1-4-25(5-2)33(29,30)20-14-16(8-10-18(20)31-6-3)24-21(27)11-12-26-17-9-7-15(23)13-19(17)32-22(26)28/h7-10,13-14H,4-6,11-12H2,1-3H3,(H,24,27). The summed E-state index contributed by atoms with van der Waals surface area (Å²) in [6.07, 6.45) is -0.0253. The monoisotopic (exact) mass is 495 g/mol. The third-order valence-electron chi connectivity index (χ3n) is 5.04. The van der Waals surface area contributed by atoms with Crippen LogP contribution in [0.4, 0.5) is 5.69 Å². The summed E-state index contributed by atoms with van der Waals surface area (Å²) in [7, 11) is -3.81. The van der Waals surface area contributed by atoms with E-state index in [0.717, 1.165) is 0 Å². The molecule has 0 aliphatic heterocycles. The molecule has 1 amide bonds. The molecule has 2 aromatic carbocycles. The number of carbonyl (C=O) groups is 1. The van der Waals surface area contributed by atoms with Gasteiger partial charge in [0.15, 0.2) is 5.58 Å². The fourth-order valence-electron chi connectivity index (χ4n) is 3.45. The summed E-state index contributed by atoms with van der Waals surface area (Å²) < 4.78 is 39.5. The first-order chi connectivity index (χ1) is 15.7. The van der Waals surface area contributed by atoms with E-state index < -0.39 is 15.8 Å². The number of fused-ring (bicyclic) bond motifs is 1. The Balaban J connectivity index is 1.80. The van der Waals surface area contributed by atoms with Crippen LogP contribution >= 0.6 is 11.6 Å². The Bertz CT molecular complexity index is 1310. The Morgan fingerprint density at radius 2 is 1.88 bits per heavy atom. The van der Waals surface area contributed by atoms with Crippen LogP contribution in [-0.4, -0.2) is 42.9 Å². The number of halogens is 1. The normalized spacial score (nSPS) is 11.8. The highest BCUT2D eigenvalue weighted by Gasteiger charge is 2.26. The molecule has 3 rings (SSSR count). The van der Waals surface area contributed by atoms with Crippen molar-refractivity contribution in [2.75, 3.05) is 25.0 Å². The van der Waals surface area contributed by atoms with Crippen LogP contribution in [0.15, 0.2) is 50.5 Å². The van der Waals surface area contributed by atoms with Crippen LogP contribution in [-0.2, 0) is 21.4 Å². The number of aromatic nitrogens is 1.